The molecule has 1 aromatic carbocycles. The van der Waals surface area contributed by atoms with Gasteiger partial charge in [-0.3, -0.25) is 4.79 Å². The number of hydrogen-bond acceptors (Lipinski definition) is 2. The van der Waals surface area contributed by atoms with Gasteiger partial charge >= 0.3 is 0 Å². The quantitative estimate of drug-likeness (QED) is 0.821. The van der Waals surface area contributed by atoms with Gasteiger partial charge < -0.3 is 11.1 Å². The third kappa shape index (κ3) is 4.17. The zero-order valence-electron chi connectivity index (χ0n) is 10.8. The maximum atomic E-state index is 12.7. The lowest BCUT2D eigenvalue weighted by molar-refractivity contribution is -0.117. The molecule has 1 amide bonds. The van der Waals surface area contributed by atoms with Gasteiger partial charge in [-0.25, -0.2) is 4.39 Å². The second-order valence-electron chi connectivity index (χ2n) is 4.95. The van der Waals surface area contributed by atoms with Crippen LogP contribution in [0, 0.1) is 5.82 Å². The van der Waals surface area contributed by atoms with E-state index < -0.39 is 0 Å². The first kappa shape index (κ1) is 13.7. The third-order valence-corrected chi connectivity index (χ3v) is 3.44. The largest absolute Gasteiger partial charge is 0.348 e. The molecule has 0 radical (unpaired) electrons. The summed E-state index contributed by atoms with van der Waals surface area (Å²) >= 11 is 0. The van der Waals surface area contributed by atoms with Gasteiger partial charge in [-0.05, 0) is 36.6 Å². The van der Waals surface area contributed by atoms with Crippen molar-refractivity contribution < 1.29 is 9.18 Å². The van der Waals surface area contributed by atoms with Crippen molar-refractivity contribution in [2.24, 2.45) is 5.73 Å². The average molecular weight is 262 g/mol. The molecule has 1 fully saturated rings. The van der Waals surface area contributed by atoms with Gasteiger partial charge in [0.05, 0.1) is 0 Å². The van der Waals surface area contributed by atoms with E-state index in [1.807, 2.05) is 0 Å². The topological polar surface area (TPSA) is 55.1 Å². The lowest BCUT2D eigenvalue weighted by atomic mass is 9.91. The molecule has 1 aromatic rings. The summed E-state index contributed by atoms with van der Waals surface area (Å²) in [6.45, 7) is 0. The standard InChI is InChI=1S/C15H19FN2O/c16-12-8-5-11(6-9-12)7-10-15(19)18-14-4-2-1-3-13(14)17/h5-10,13-14H,1-4,17H2,(H,18,19)/b10-7+/t13-,14-/m1/s1. The summed E-state index contributed by atoms with van der Waals surface area (Å²) in [5, 5.41) is 2.93. The van der Waals surface area contributed by atoms with E-state index in [1.165, 1.54) is 18.2 Å². The monoisotopic (exact) mass is 262 g/mol. The number of carbonyl (C=O) groups is 1. The SMILES string of the molecule is N[C@@H]1CCCC[C@H]1NC(=O)/C=C/c1ccc(F)cc1. The van der Waals surface area contributed by atoms with Crippen LogP contribution in [0.15, 0.2) is 30.3 Å². The van der Waals surface area contributed by atoms with Gasteiger partial charge in [-0.1, -0.05) is 25.0 Å². The van der Waals surface area contributed by atoms with E-state index in [9.17, 15) is 9.18 Å². The van der Waals surface area contributed by atoms with Gasteiger partial charge in [0, 0.05) is 18.2 Å². The molecule has 2 atom stereocenters. The van der Waals surface area contributed by atoms with Crippen LogP contribution >= 0.6 is 0 Å². The molecule has 102 valence electrons. The van der Waals surface area contributed by atoms with Crippen LogP contribution < -0.4 is 11.1 Å². The molecule has 0 spiro atoms. The minimum atomic E-state index is -0.283. The van der Waals surface area contributed by atoms with E-state index in [4.69, 9.17) is 5.73 Å². The summed E-state index contributed by atoms with van der Waals surface area (Å²) < 4.78 is 12.7. The molecule has 1 aliphatic rings. The molecule has 2 rings (SSSR count). The van der Waals surface area contributed by atoms with Crippen LogP contribution in [0.25, 0.3) is 6.08 Å². The fourth-order valence-electron chi connectivity index (χ4n) is 2.32. The predicted octanol–water partition coefficient (Wildman–Crippen LogP) is 2.22. The van der Waals surface area contributed by atoms with Crippen molar-refractivity contribution in [3.8, 4) is 0 Å². The Morgan fingerprint density at radius 1 is 1.26 bits per heavy atom. The second kappa shape index (κ2) is 6.48. The van der Waals surface area contributed by atoms with E-state index in [2.05, 4.69) is 5.32 Å². The molecule has 3 N–H and O–H groups in total. The smallest absolute Gasteiger partial charge is 0.244 e. The summed E-state index contributed by atoms with van der Waals surface area (Å²) in [7, 11) is 0. The van der Waals surface area contributed by atoms with Gasteiger partial charge in [0.2, 0.25) is 5.91 Å². The number of hydrogen-bond donors (Lipinski definition) is 2. The molecule has 19 heavy (non-hydrogen) atoms. The minimum absolute atomic E-state index is 0.0527. The molecule has 1 aliphatic carbocycles. The molecule has 4 heteroatoms. The van der Waals surface area contributed by atoms with Gasteiger partial charge in [-0.2, -0.15) is 0 Å². The molecule has 1 saturated carbocycles. The summed E-state index contributed by atoms with van der Waals surface area (Å²) in [6.07, 6.45) is 7.29. The van der Waals surface area contributed by atoms with Crippen molar-refractivity contribution in [3.63, 3.8) is 0 Å². The van der Waals surface area contributed by atoms with Crippen LogP contribution in [-0.4, -0.2) is 18.0 Å². The Morgan fingerprint density at radius 2 is 1.95 bits per heavy atom. The number of halogens is 1. The van der Waals surface area contributed by atoms with E-state index in [-0.39, 0.29) is 23.8 Å². The number of carbonyl (C=O) groups excluding carboxylic acids is 1. The van der Waals surface area contributed by atoms with E-state index >= 15 is 0 Å². The highest BCUT2D eigenvalue weighted by Gasteiger charge is 2.22. The van der Waals surface area contributed by atoms with Crippen molar-refractivity contribution in [3.05, 3.63) is 41.7 Å². The van der Waals surface area contributed by atoms with Gasteiger partial charge in [0.1, 0.15) is 5.82 Å². The molecule has 0 aromatic heterocycles. The van der Waals surface area contributed by atoms with Crippen molar-refractivity contribution >= 4 is 12.0 Å². The van der Waals surface area contributed by atoms with Crippen LogP contribution in [0.3, 0.4) is 0 Å². The molecular weight excluding hydrogens is 243 g/mol. The number of rotatable bonds is 3. The van der Waals surface area contributed by atoms with Crippen molar-refractivity contribution in [1.82, 2.24) is 5.32 Å². The first-order valence-electron chi connectivity index (χ1n) is 6.65. The lowest BCUT2D eigenvalue weighted by Gasteiger charge is -2.28. The van der Waals surface area contributed by atoms with Gasteiger partial charge in [0.25, 0.3) is 0 Å². The fourth-order valence-corrected chi connectivity index (χ4v) is 2.32. The van der Waals surface area contributed by atoms with E-state index in [1.54, 1.807) is 18.2 Å². The highest BCUT2D eigenvalue weighted by atomic mass is 19.1. The molecule has 0 bridgehead atoms. The Labute approximate surface area is 112 Å². The van der Waals surface area contributed by atoms with E-state index in [0.29, 0.717) is 0 Å². The molecule has 0 aliphatic heterocycles. The van der Waals surface area contributed by atoms with E-state index in [0.717, 1.165) is 31.2 Å². The first-order valence-corrected chi connectivity index (χ1v) is 6.65. The fraction of sp³-hybridized carbons (Fsp3) is 0.400. The van der Waals surface area contributed by atoms with Crippen molar-refractivity contribution in [1.29, 1.82) is 0 Å². The normalized spacial score (nSPS) is 23.5. The molecule has 0 heterocycles. The zero-order valence-corrected chi connectivity index (χ0v) is 10.8. The van der Waals surface area contributed by atoms with Gasteiger partial charge in [-0.15, -0.1) is 0 Å². The summed E-state index contributed by atoms with van der Waals surface area (Å²) in [5.74, 6) is -0.429. The van der Waals surface area contributed by atoms with Crippen LogP contribution in [0.1, 0.15) is 31.2 Å². The van der Waals surface area contributed by atoms with Crippen LogP contribution in [0.2, 0.25) is 0 Å². The zero-order chi connectivity index (χ0) is 13.7. The maximum absolute atomic E-state index is 12.7. The van der Waals surface area contributed by atoms with Crippen molar-refractivity contribution in [2.75, 3.05) is 0 Å². The number of nitrogens with two attached hydrogens (primary N) is 1. The lowest BCUT2D eigenvalue weighted by Crippen LogP contribution is -2.48. The van der Waals surface area contributed by atoms with Gasteiger partial charge in [0.15, 0.2) is 0 Å². The minimum Gasteiger partial charge on any atom is -0.348 e. The number of nitrogens with one attached hydrogen (secondary N) is 1. The first-order chi connectivity index (χ1) is 9.15. The molecule has 0 unspecified atom stereocenters. The Kier molecular flexibility index (Phi) is 4.68. The third-order valence-electron chi connectivity index (χ3n) is 3.44. The Morgan fingerprint density at radius 3 is 2.63 bits per heavy atom. The Bertz CT molecular complexity index is 456. The average Bonchev–Trinajstić information content (AvgIpc) is 2.41. The molecule has 3 nitrogen and oxygen atoms in total. The second-order valence-corrected chi connectivity index (χ2v) is 4.95. The highest BCUT2D eigenvalue weighted by molar-refractivity contribution is 5.91. The Hall–Kier alpha value is -1.68. The Balaban J connectivity index is 1.88. The van der Waals surface area contributed by atoms with Crippen molar-refractivity contribution in [2.45, 2.75) is 37.8 Å². The maximum Gasteiger partial charge on any atom is 0.244 e. The van der Waals surface area contributed by atoms with Crippen LogP contribution in [0.4, 0.5) is 4.39 Å². The number of benzene rings is 1. The predicted molar refractivity (Wildman–Crippen MR) is 73.8 cm³/mol. The molecular formula is C15H19FN2O. The molecule has 0 saturated heterocycles. The summed E-state index contributed by atoms with van der Waals surface area (Å²) in [6, 6.07) is 6.12. The van der Waals surface area contributed by atoms with Crippen LogP contribution in [0.5, 0.6) is 0 Å². The highest BCUT2D eigenvalue weighted by Crippen LogP contribution is 2.16. The number of amides is 1. The summed E-state index contributed by atoms with van der Waals surface area (Å²) in [4.78, 5) is 11.8. The van der Waals surface area contributed by atoms with Crippen LogP contribution in [-0.2, 0) is 4.79 Å². The summed E-state index contributed by atoms with van der Waals surface area (Å²) in [5.41, 5.74) is 6.77.